The van der Waals surface area contributed by atoms with Crippen LogP contribution in [0.4, 0.5) is 0 Å². The Hall–Kier alpha value is -2.96. The first-order chi connectivity index (χ1) is 17.2. The Kier molecular flexibility index (Phi) is 10.5. The molecule has 0 saturated heterocycles. The number of hydrogen-bond donors (Lipinski definition) is 0. The van der Waals surface area contributed by atoms with Gasteiger partial charge in [0.2, 0.25) is 0 Å². The molecule has 3 aromatic rings. The quantitative estimate of drug-likeness (QED) is 0.324. The van der Waals surface area contributed by atoms with Crippen LogP contribution in [0.2, 0.25) is 0 Å². The zero-order valence-electron chi connectivity index (χ0n) is 20.9. The van der Waals surface area contributed by atoms with Gasteiger partial charge in [0.15, 0.2) is 0 Å². The maximum absolute atomic E-state index is 6.17. The number of nitrogens with zero attached hydrogens (tertiary/aromatic N) is 3. The first-order valence-electron chi connectivity index (χ1n) is 12.0. The smallest absolute Gasteiger partial charge is 0.118 e. The van der Waals surface area contributed by atoms with Gasteiger partial charge in [-0.25, -0.2) is 0 Å². The highest BCUT2D eigenvalue weighted by atomic mass is 79.9. The Morgan fingerprint density at radius 3 is 2.43 bits per heavy atom. The van der Waals surface area contributed by atoms with Gasteiger partial charge in [-0.15, -0.1) is 0 Å². The van der Waals surface area contributed by atoms with E-state index >= 15 is 0 Å². The van der Waals surface area contributed by atoms with Crippen molar-refractivity contribution in [2.75, 3.05) is 20.8 Å². The zero-order valence-corrected chi connectivity index (χ0v) is 22.5. The molecule has 1 aliphatic rings. The van der Waals surface area contributed by atoms with Crippen molar-refractivity contribution in [3.63, 3.8) is 0 Å². The average molecular weight is 537 g/mol. The standard InChI is InChI=1S/C27H28BrN3O2.C2H6/c1-31-24(19-33-18-20-8-10-25(32-2)11-9-20)7-4-14-30-26(22-5-3-6-23(28)17-22)27(31)21-12-15-29-16-13-21;1-2/h3,5-6,8-17,24H,4,7,18-19H2,1-2H3;1-2H3/b27-26-,30-14?;/t24-;/m0./s1. The van der Waals surface area contributed by atoms with E-state index in [2.05, 4.69) is 45.0 Å². The van der Waals surface area contributed by atoms with Crippen LogP contribution >= 0.6 is 15.9 Å². The van der Waals surface area contributed by atoms with E-state index in [-0.39, 0.29) is 6.04 Å². The van der Waals surface area contributed by atoms with E-state index in [1.165, 1.54) is 0 Å². The topological polar surface area (TPSA) is 47.0 Å². The minimum Gasteiger partial charge on any atom is -0.497 e. The Morgan fingerprint density at radius 2 is 1.74 bits per heavy atom. The van der Waals surface area contributed by atoms with E-state index < -0.39 is 0 Å². The summed E-state index contributed by atoms with van der Waals surface area (Å²) in [6, 6.07) is 20.6. The molecule has 6 heteroatoms. The van der Waals surface area contributed by atoms with E-state index in [1.54, 1.807) is 7.11 Å². The first-order valence-corrected chi connectivity index (χ1v) is 12.8. The Morgan fingerprint density at radius 1 is 1.00 bits per heavy atom. The van der Waals surface area contributed by atoms with Gasteiger partial charge in [0, 0.05) is 41.3 Å². The van der Waals surface area contributed by atoms with Crippen LogP contribution in [0.1, 0.15) is 43.4 Å². The van der Waals surface area contributed by atoms with Crippen molar-refractivity contribution in [3.05, 3.63) is 94.2 Å². The summed E-state index contributed by atoms with van der Waals surface area (Å²) in [6.07, 6.45) is 7.53. The highest BCUT2D eigenvalue weighted by molar-refractivity contribution is 9.10. The predicted octanol–water partition coefficient (Wildman–Crippen LogP) is 7.09. The number of hydrogen-bond acceptors (Lipinski definition) is 5. The van der Waals surface area contributed by atoms with Gasteiger partial charge in [0.25, 0.3) is 0 Å². The van der Waals surface area contributed by atoms with Crippen molar-refractivity contribution in [1.29, 1.82) is 0 Å². The molecule has 0 spiro atoms. The lowest BCUT2D eigenvalue weighted by Crippen LogP contribution is -2.35. The van der Waals surface area contributed by atoms with Crippen LogP contribution in [0.25, 0.3) is 11.4 Å². The Labute approximate surface area is 217 Å². The fraction of sp³-hybridized carbons (Fsp3) is 0.310. The van der Waals surface area contributed by atoms with Crippen LogP contribution in [-0.4, -0.2) is 42.9 Å². The van der Waals surface area contributed by atoms with Crippen LogP contribution in [0.15, 0.2) is 82.5 Å². The number of aliphatic imine (C=N–C) groups is 1. The summed E-state index contributed by atoms with van der Waals surface area (Å²) in [5.74, 6) is 0.852. The number of ether oxygens (including phenoxy) is 2. The van der Waals surface area contributed by atoms with E-state index in [9.17, 15) is 0 Å². The van der Waals surface area contributed by atoms with E-state index in [4.69, 9.17) is 14.5 Å². The summed E-state index contributed by atoms with van der Waals surface area (Å²) in [4.78, 5) is 11.4. The van der Waals surface area contributed by atoms with Gasteiger partial charge in [-0.1, -0.05) is 54.0 Å². The minimum absolute atomic E-state index is 0.209. The molecule has 2 aromatic carbocycles. The predicted molar refractivity (Wildman–Crippen MR) is 148 cm³/mol. The minimum atomic E-state index is 0.209. The lowest BCUT2D eigenvalue weighted by Gasteiger charge is -2.34. The van der Waals surface area contributed by atoms with Gasteiger partial charge in [-0.2, -0.15) is 0 Å². The molecule has 0 saturated carbocycles. The van der Waals surface area contributed by atoms with E-state index in [1.807, 2.05) is 81.0 Å². The number of likely N-dealkylation sites (N-methyl/N-ethyl adjacent to an activating group) is 1. The van der Waals surface area contributed by atoms with Crippen molar-refractivity contribution in [2.45, 2.75) is 39.3 Å². The molecule has 0 fully saturated rings. The molecular weight excluding hydrogens is 502 g/mol. The van der Waals surface area contributed by atoms with Gasteiger partial charge >= 0.3 is 0 Å². The Balaban J connectivity index is 0.00000167. The van der Waals surface area contributed by atoms with Crippen LogP contribution in [0.5, 0.6) is 5.75 Å². The van der Waals surface area contributed by atoms with Gasteiger partial charge in [0.05, 0.1) is 37.8 Å². The second kappa shape index (κ2) is 13.8. The summed E-state index contributed by atoms with van der Waals surface area (Å²) in [5.41, 5.74) is 5.31. The largest absolute Gasteiger partial charge is 0.497 e. The van der Waals surface area contributed by atoms with E-state index in [0.29, 0.717) is 13.2 Å². The third kappa shape index (κ3) is 7.26. The van der Waals surface area contributed by atoms with Gasteiger partial charge in [0.1, 0.15) is 5.75 Å². The average Bonchev–Trinajstić information content (AvgIpc) is 2.90. The SMILES string of the molecule is CC.COc1ccc(COC[C@@H]2CCC=N/C(c3cccc(Br)c3)=C(/c3ccncc3)N2C)cc1. The molecule has 2 heterocycles. The highest BCUT2D eigenvalue weighted by Crippen LogP contribution is 2.33. The van der Waals surface area contributed by atoms with Crippen LogP contribution in [0, 0.1) is 0 Å². The summed E-state index contributed by atoms with van der Waals surface area (Å²) in [7, 11) is 3.81. The molecule has 5 nitrogen and oxygen atoms in total. The normalized spacial score (nSPS) is 17.7. The van der Waals surface area contributed by atoms with Crippen LogP contribution in [0.3, 0.4) is 0 Å². The number of halogens is 1. The molecule has 0 unspecified atom stereocenters. The molecule has 1 aromatic heterocycles. The molecule has 0 N–H and O–H groups in total. The maximum atomic E-state index is 6.17. The first kappa shape index (κ1) is 26.6. The van der Waals surface area contributed by atoms with Crippen molar-refractivity contribution in [1.82, 2.24) is 9.88 Å². The molecule has 0 amide bonds. The number of aromatic nitrogens is 1. The Bertz CT molecular complexity index is 1110. The molecule has 1 aliphatic heterocycles. The third-order valence-electron chi connectivity index (χ3n) is 5.76. The lowest BCUT2D eigenvalue weighted by atomic mass is 10.0. The van der Waals surface area contributed by atoms with Gasteiger partial charge in [-0.3, -0.25) is 9.98 Å². The summed E-state index contributed by atoms with van der Waals surface area (Å²) >= 11 is 3.61. The molecule has 0 radical (unpaired) electrons. The van der Waals surface area contributed by atoms with Crippen molar-refractivity contribution in [2.24, 2.45) is 4.99 Å². The third-order valence-corrected chi connectivity index (χ3v) is 6.26. The zero-order chi connectivity index (χ0) is 25.0. The number of pyridine rings is 1. The van der Waals surface area contributed by atoms with Crippen molar-refractivity contribution in [3.8, 4) is 5.75 Å². The summed E-state index contributed by atoms with van der Waals surface area (Å²) < 4.78 is 12.4. The van der Waals surface area contributed by atoms with Crippen molar-refractivity contribution >= 4 is 33.5 Å². The molecule has 1 atom stereocenters. The van der Waals surface area contributed by atoms with Crippen LogP contribution in [-0.2, 0) is 11.3 Å². The second-order valence-electron chi connectivity index (χ2n) is 7.96. The van der Waals surface area contributed by atoms with Crippen molar-refractivity contribution < 1.29 is 9.47 Å². The molecular formula is C29H34BrN3O2. The van der Waals surface area contributed by atoms with Crippen LogP contribution < -0.4 is 4.74 Å². The number of methoxy groups -OCH3 is 1. The molecule has 0 aliphatic carbocycles. The number of benzene rings is 2. The highest BCUT2D eigenvalue weighted by Gasteiger charge is 2.24. The fourth-order valence-corrected chi connectivity index (χ4v) is 4.35. The monoisotopic (exact) mass is 535 g/mol. The summed E-state index contributed by atoms with van der Waals surface area (Å²) in [6.45, 7) is 5.19. The van der Waals surface area contributed by atoms with Gasteiger partial charge < -0.3 is 14.4 Å². The van der Waals surface area contributed by atoms with E-state index in [0.717, 1.165) is 51.1 Å². The molecule has 35 heavy (non-hydrogen) atoms. The fourth-order valence-electron chi connectivity index (χ4n) is 3.95. The molecule has 0 bridgehead atoms. The van der Waals surface area contributed by atoms with Gasteiger partial charge in [-0.05, 0) is 54.8 Å². The second-order valence-corrected chi connectivity index (χ2v) is 8.88. The molecule has 4 rings (SSSR count). The lowest BCUT2D eigenvalue weighted by molar-refractivity contribution is 0.0748. The maximum Gasteiger partial charge on any atom is 0.118 e. The molecule has 184 valence electrons. The number of rotatable bonds is 7. The summed E-state index contributed by atoms with van der Waals surface area (Å²) in [5, 5.41) is 0.